The molecule has 1 aromatic heterocycles. The SMILES string of the molecule is Cc1ccc(C(O)c2cc3ccc(F)cc3s2)c(F)c1F. The number of hydrogen-bond donors (Lipinski definition) is 1. The average molecular weight is 308 g/mol. The van der Waals surface area contributed by atoms with Crippen LogP contribution in [0.15, 0.2) is 36.4 Å². The molecule has 0 radical (unpaired) electrons. The molecular formula is C16H11F3OS. The topological polar surface area (TPSA) is 20.2 Å². The maximum atomic E-state index is 13.9. The fraction of sp³-hybridized carbons (Fsp3) is 0.125. The fourth-order valence-corrected chi connectivity index (χ4v) is 3.28. The molecule has 108 valence electrons. The molecule has 0 spiro atoms. The summed E-state index contributed by atoms with van der Waals surface area (Å²) < 4.78 is 41.3. The molecule has 2 aromatic carbocycles. The Morgan fingerprint density at radius 2 is 1.76 bits per heavy atom. The molecule has 5 heteroatoms. The Kier molecular flexibility index (Phi) is 3.47. The zero-order chi connectivity index (χ0) is 15.1. The number of halogens is 3. The second-order valence-corrected chi connectivity index (χ2v) is 5.95. The quantitative estimate of drug-likeness (QED) is 0.727. The number of aliphatic hydroxyl groups is 1. The van der Waals surface area contributed by atoms with Gasteiger partial charge in [0.15, 0.2) is 11.6 Å². The van der Waals surface area contributed by atoms with Gasteiger partial charge in [0.25, 0.3) is 0 Å². The van der Waals surface area contributed by atoms with E-state index in [-0.39, 0.29) is 16.9 Å². The van der Waals surface area contributed by atoms with E-state index >= 15 is 0 Å². The number of aryl methyl sites for hydroxylation is 1. The third-order valence-electron chi connectivity index (χ3n) is 3.37. The summed E-state index contributed by atoms with van der Waals surface area (Å²) in [6.07, 6.45) is -1.28. The van der Waals surface area contributed by atoms with Crippen LogP contribution >= 0.6 is 11.3 Å². The monoisotopic (exact) mass is 308 g/mol. The molecule has 0 saturated heterocycles. The van der Waals surface area contributed by atoms with E-state index in [0.29, 0.717) is 9.58 Å². The van der Waals surface area contributed by atoms with E-state index in [1.807, 2.05) is 0 Å². The summed E-state index contributed by atoms with van der Waals surface area (Å²) in [5.74, 6) is -2.39. The average Bonchev–Trinajstić information content (AvgIpc) is 2.87. The molecule has 1 unspecified atom stereocenters. The molecule has 0 amide bonds. The van der Waals surface area contributed by atoms with Gasteiger partial charge in [-0.25, -0.2) is 13.2 Å². The van der Waals surface area contributed by atoms with Crippen molar-refractivity contribution >= 4 is 21.4 Å². The summed E-state index contributed by atoms with van der Waals surface area (Å²) in [5, 5.41) is 11.0. The Balaban J connectivity index is 2.08. The molecule has 1 heterocycles. The first-order valence-corrected chi connectivity index (χ1v) is 7.10. The van der Waals surface area contributed by atoms with Gasteiger partial charge in [0.1, 0.15) is 11.9 Å². The molecule has 0 aliphatic rings. The van der Waals surface area contributed by atoms with Gasteiger partial charge in [-0.1, -0.05) is 18.2 Å². The Morgan fingerprint density at radius 1 is 1.00 bits per heavy atom. The van der Waals surface area contributed by atoms with Crippen LogP contribution < -0.4 is 0 Å². The van der Waals surface area contributed by atoms with Crippen LogP contribution in [0.4, 0.5) is 13.2 Å². The predicted octanol–water partition coefficient (Wildman–Crippen LogP) is 4.71. The van der Waals surface area contributed by atoms with Crippen molar-refractivity contribution in [3.63, 3.8) is 0 Å². The van der Waals surface area contributed by atoms with Crippen LogP contribution in [0, 0.1) is 24.4 Å². The van der Waals surface area contributed by atoms with Crippen LogP contribution in [0.1, 0.15) is 22.1 Å². The summed E-state index contributed by atoms with van der Waals surface area (Å²) in [6, 6.07) is 8.69. The number of aliphatic hydroxyl groups excluding tert-OH is 1. The smallest absolute Gasteiger partial charge is 0.165 e. The molecule has 0 aliphatic carbocycles. The number of fused-ring (bicyclic) bond motifs is 1. The lowest BCUT2D eigenvalue weighted by atomic mass is 10.0. The van der Waals surface area contributed by atoms with Crippen molar-refractivity contribution in [1.29, 1.82) is 0 Å². The number of hydrogen-bond acceptors (Lipinski definition) is 2. The summed E-state index contributed by atoms with van der Waals surface area (Å²) in [5.41, 5.74) is 0.0620. The molecule has 1 atom stereocenters. The predicted molar refractivity (Wildman–Crippen MR) is 76.9 cm³/mol. The second kappa shape index (κ2) is 5.16. The Hall–Kier alpha value is -1.85. The standard InChI is InChI=1S/C16H11F3OS/c1-8-2-5-11(15(19)14(8)18)16(20)13-6-9-3-4-10(17)7-12(9)21-13/h2-7,16,20H,1H3. The van der Waals surface area contributed by atoms with Crippen molar-refractivity contribution in [1.82, 2.24) is 0 Å². The first-order valence-electron chi connectivity index (χ1n) is 6.29. The van der Waals surface area contributed by atoms with E-state index in [9.17, 15) is 18.3 Å². The number of rotatable bonds is 2. The van der Waals surface area contributed by atoms with Gasteiger partial charge in [0, 0.05) is 15.1 Å². The molecule has 0 saturated carbocycles. The third-order valence-corrected chi connectivity index (χ3v) is 4.52. The second-order valence-electron chi connectivity index (χ2n) is 4.83. The van der Waals surface area contributed by atoms with Crippen molar-refractivity contribution in [2.75, 3.05) is 0 Å². The zero-order valence-electron chi connectivity index (χ0n) is 11.0. The molecule has 21 heavy (non-hydrogen) atoms. The Bertz CT molecular complexity index is 826. The van der Waals surface area contributed by atoms with E-state index in [1.54, 1.807) is 12.1 Å². The summed E-state index contributed by atoms with van der Waals surface area (Å²) >= 11 is 1.15. The third kappa shape index (κ3) is 2.43. The Morgan fingerprint density at radius 3 is 2.52 bits per heavy atom. The molecule has 1 N–H and O–H groups in total. The van der Waals surface area contributed by atoms with E-state index in [0.717, 1.165) is 16.7 Å². The molecule has 3 rings (SSSR count). The van der Waals surface area contributed by atoms with Crippen LogP contribution in [-0.4, -0.2) is 5.11 Å². The molecule has 0 aliphatic heterocycles. The van der Waals surface area contributed by atoms with Gasteiger partial charge >= 0.3 is 0 Å². The van der Waals surface area contributed by atoms with Gasteiger partial charge in [-0.2, -0.15) is 0 Å². The first-order chi connectivity index (χ1) is 9.97. The highest BCUT2D eigenvalue weighted by molar-refractivity contribution is 7.19. The van der Waals surface area contributed by atoms with Crippen molar-refractivity contribution < 1.29 is 18.3 Å². The van der Waals surface area contributed by atoms with Gasteiger partial charge in [-0.05, 0) is 36.1 Å². The maximum absolute atomic E-state index is 13.9. The summed E-state index contributed by atoms with van der Waals surface area (Å²) in [7, 11) is 0. The minimum Gasteiger partial charge on any atom is -0.383 e. The van der Waals surface area contributed by atoms with Crippen LogP contribution in [0.2, 0.25) is 0 Å². The number of benzene rings is 2. The van der Waals surface area contributed by atoms with Crippen LogP contribution in [0.3, 0.4) is 0 Å². The van der Waals surface area contributed by atoms with Gasteiger partial charge < -0.3 is 5.11 Å². The van der Waals surface area contributed by atoms with Gasteiger partial charge in [-0.3, -0.25) is 0 Å². The van der Waals surface area contributed by atoms with Crippen molar-refractivity contribution in [3.8, 4) is 0 Å². The molecule has 0 bridgehead atoms. The van der Waals surface area contributed by atoms with Gasteiger partial charge in [0.05, 0.1) is 0 Å². The van der Waals surface area contributed by atoms with E-state index in [1.165, 1.54) is 31.2 Å². The lowest BCUT2D eigenvalue weighted by Crippen LogP contribution is -2.03. The zero-order valence-corrected chi connectivity index (χ0v) is 11.8. The highest BCUT2D eigenvalue weighted by atomic mass is 32.1. The molecule has 1 nitrogen and oxygen atoms in total. The van der Waals surface area contributed by atoms with E-state index < -0.39 is 17.7 Å². The van der Waals surface area contributed by atoms with Crippen molar-refractivity contribution in [2.24, 2.45) is 0 Å². The highest BCUT2D eigenvalue weighted by Crippen LogP contribution is 2.35. The maximum Gasteiger partial charge on any atom is 0.165 e. The summed E-state index contributed by atoms with van der Waals surface area (Å²) in [6.45, 7) is 1.46. The normalized spacial score (nSPS) is 12.8. The molecular weight excluding hydrogens is 297 g/mol. The van der Waals surface area contributed by atoms with E-state index in [2.05, 4.69) is 0 Å². The minimum atomic E-state index is -1.28. The molecule has 3 aromatic rings. The highest BCUT2D eigenvalue weighted by Gasteiger charge is 2.21. The van der Waals surface area contributed by atoms with Gasteiger partial charge in [-0.15, -0.1) is 11.3 Å². The van der Waals surface area contributed by atoms with Crippen molar-refractivity contribution in [2.45, 2.75) is 13.0 Å². The van der Waals surface area contributed by atoms with Crippen molar-refractivity contribution in [3.05, 3.63) is 69.9 Å². The molecule has 0 fully saturated rings. The number of thiophene rings is 1. The fourth-order valence-electron chi connectivity index (χ4n) is 2.19. The first kappa shape index (κ1) is 14.1. The van der Waals surface area contributed by atoms with Crippen LogP contribution in [-0.2, 0) is 0 Å². The lowest BCUT2D eigenvalue weighted by Gasteiger charge is -2.11. The van der Waals surface area contributed by atoms with E-state index in [4.69, 9.17) is 0 Å². The summed E-state index contributed by atoms with van der Waals surface area (Å²) in [4.78, 5) is 0.442. The lowest BCUT2D eigenvalue weighted by molar-refractivity contribution is 0.217. The van der Waals surface area contributed by atoms with Crippen LogP contribution in [0.5, 0.6) is 0 Å². The Labute approximate surface area is 123 Å². The van der Waals surface area contributed by atoms with Crippen LogP contribution in [0.25, 0.3) is 10.1 Å². The minimum absolute atomic E-state index is 0.120. The largest absolute Gasteiger partial charge is 0.383 e. The van der Waals surface area contributed by atoms with Gasteiger partial charge in [0.2, 0.25) is 0 Å².